The van der Waals surface area contributed by atoms with Gasteiger partial charge < -0.3 is 9.64 Å². The van der Waals surface area contributed by atoms with Crippen molar-refractivity contribution in [2.45, 2.75) is 66.9 Å². The van der Waals surface area contributed by atoms with E-state index in [1.165, 1.54) is 5.57 Å². The van der Waals surface area contributed by atoms with Crippen LogP contribution in [0.25, 0.3) is 0 Å². The van der Waals surface area contributed by atoms with Crippen LogP contribution in [-0.2, 0) is 4.74 Å². The molecular weight excluding hydrogens is 619 g/mol. The van der Waals surface area contributed by atoms with Gasteiger partial charge in [0.05, 0.1) is 0 Å². The quantitative estimate of drug-likeness (QED) is 0.140. The molecule has 1 aliphatic rings. The van der Waals surface area contributed by atoms with Crippen LogP contribution in [0.15, 0.2) is 97.7 Å². The Balaban J connectivity index is 3.60. The number of aliphatic imine (C=N–C) groups is 1. The van der Waals surface area contributed by atoms with Crippen molar-refractivity contribution in [1.82, 2.24) is 4.90 Å². The predicted octanol–water partition coefficient (Wildman–Crippen LogP) is 9.92. The Bertz CT molecular complexity index is 1130. The molecule has 1 rings (SSSR count). The van der Waals surface area contributed by atoms with Gasteiger partial charge >= 0.3 is 6.09 Å². The average molecular weight is 665 g/mol. The van der Waals surface area contributed by atoms with Crippen molar-refractivity contribution in [1.29, 1.82) is 0 Å². The van der Waals surface area contributed by atoms with Gasteiger partial charge in [-0.05, 0) is 105 Å². The van der Waals surface area contributed by atoms with Gasteiger partial charge in [0.2, 0.25) is 0 Å². The van der Waals surface area contributed by atoms with E-state index in [0.717, 1.165) is 44.4 Å². The lowest BCUT2D eigenvalue weighted by Gasteiger charge is -2.31. The summed E-state index contributed by atoms with van der Waals surface area (Å²) < 4.78 is 6.73. The van der Waals surface area contributed by atoms with Gasteiger partial charge in [-0.1, -0.05) is 75.1 Å². The predicted molar refractivity (Wildman–Crippen MR) is 179 cm³/mol. The molecule has 0 aliphatic carbocycles. The van der Waals surface area contributed by atoms with Crippen LogP contribution in [0.5, 0.6) is 0 Å². The van der Waals surface area contributed by atoms with E-state index in [2.05, 4.69) is 80.2 Å². The molecule has 1 unspecified atom stereocenters. The van der Waals surface area contributed by atoms with Gasteiger partial charge in [0, 0.05) is 46.0 Å². The Kier molecular flexibility index (Phi) is 14.5. The molecule has 39 heavy (non-hydrogen) atoms. The Morgan fingerprint density at radius 1 is 1.31 bits per heavy atom. The van der Waals surface area contributed by atoms with E-state index in [9.17, 15) is 4.79 Å². The van der Waals surface area contributed by atoms with Gasteiger partial charge in [-0.2, -0.15) is 0 Å². The molecule has 0 saturated heterocycles. The van der Waals surface area contributed by atoms with E-state index >= 15 is 0 Å². The second-order valence-electron chi connectivity index (χ2n) is 11.0. The van der Waals surface area contributed by atoms with E-state index in [1.54, 1.807) is 12.2 Å². The lowest BCUT2D eigenvalue weighted by atomic mass is 9.86. The maximum Gasteiger partial charge on any atom is 0.410 e. The highest BCUT2D eigenvalue weighted by Crippen LogP contribution is 2.36. The zero-order chi connectivity index (χ0) is 29.9. The molecule has 0 radical (unpaired) electrons. The second kappa shape index (κ2) is 16.2. The third-order valence-electron chi connectivity index (χ3n) is 6.19. The van der Waals surface area contributed by atoms with Crippen molar-refractivity contribution >= 4 is 46.0 Å². The standard InChI is InChI=1S/C33H46ClIN2O2/c1-12-15-28(34)20-26(13-2)24(6)19-29(35)31(25(7)36-11)30(22(3)4)27-16-14-17-37(21-23(5)18-27)32(38)39-33(8,9)10/h12-13,15,18-20,23-24H,1-3,14,16-17,21H2,4-11H3/b26-20+,27-18-,28-15+,29-19+,31-30-,36-25?/t23-,24?/m1/s1. The fourth-order valence-electron chi connectivity index (χ4n) is 4.41. The Morgan fingerprint density at radius 3 is 2.46 bits per heavy atom. The van der Waals surface area contributed by atoms with E-state index in [0.29, 0.717) is 18.1 Å². The van der Waals surface area contributed by atoms with E-state index in [-0.39, 0.29) is 17.9 Å². The third kappa shape index (κ3) is 11.5. The summed E-state index contributed by atoms with van der Waals surface area (Å²) in [6.07, 6.45) is 13.1. The van der Waals surface area contributed by atoms with Crippen LogP contribution < -0.4 is 0 Å². The molecule has 6 heteroatoms. The van der Waals surface area contributed by atoms with Crippen molar-refractivity contribution in [2.75, 3.05) is 20.1 Å². The molecule has 1 aliphatic heterocycles. The lowest BCUT2D eigenvalue weighted by molar-refractivity contribution is 0.0230. The largest absolute Gasteiger partial charge is 0.444 e. The van der Waals surface area contributed by atoms with Gasteiger partial charge in [-0.25, -0.2) is 4.79 Å². The molecule has 0 bridgehead atoms. The third-order valence-corrected chi connectivity index (χ3v) is 7.33. The molecule has 0 aromatic carbocycles. The van der Waals surface area contributed by atoms with Crippen LogP contribution in [0.4, 0.5) is 4.79 Å². The Morgan fingerprint density at radius 2 is 1.95 bits per heavy atom. The molecule has 0 spiro atoms. The first kappa shape index (κ1) is 34.9. The molecule has 0 aromatic heterocycles. The highest BCUT2D eigenvalue weighted by atomic mass is 127. The smallest absolute Gasteiger partial charge is 0.410 e. The zero-order valence-electron chi connectivity index (χ0n) is 25.0. The topological polar surface area (TPSA) is 41.9 Å². The summed E-state index contributed by atoms with van der Waals surface area (Å²) in [7, 11) is 1.82. The van der Waals surface area contributed by atoms with Gasteiger partial charge in [0.1, 0.15) is 5.60 Å². The summed E-state index contributed by atoms with van der Waals surface area (Å²) in [4.78, 5) is 19.2. The zero-order valence-corrected chi connectivity index (χ0v) is 27.9. The molecule has 4 nitrogen and oxygen atoms in total. The van der Waals surface area contributed by atoms with E-state index in [4.69, 9.17) is 16.3 Å². The summed E-state index contributed by atoms with van der Waals surface area (Å²) in [5.74, 6) is 0.219. The summed E-state index contributed by atoms with van der Waals surface area (Å²) in [6, 6.07) is 0. The van der Waals surface area contributed by atoms with Crippen molar-refractivity contribution in [3.63, 3.8) is 0 Å². The Labute approximate surface area is 255 Å². The van der Waals surface area contributed by atoms with Crippen molar-refractivity contribution in [3.05, 3.63) is 92.7 Å². The SMILES string of the molecule is C=C/C=C(Cl)\C=C(/C=C)C(C)\C=C(I)/C(C(C)=NC)=C(C(=C)C)\C1=C/[C@@H](C)CN(C(=O)OC(C)(C)C)CCC1. The van der Waals surface area contributed by atoms with Gasteiger partial charge in [-0.3, -0.25) is 4.99 Å². The number of allylic oxidation sites excluding steroid dienone is 12. The summed E-state index contributed by atoms with van der Waals surface area (Å²) in [5, 5.41) is 0.605. The minimum atomic E-state index is -0.514. The van der Waals surface area contributed by atoms with Gasteiger partial charge in [0.15, 0.2) is 0 Å². The van der Waals surface area contributed by atoms with Crippen LogP contribution in [0.1, 0.15) is 61.3 Å². The number of carbonyl (C=O) groups is 1. The molecule has 0 aromatic rings. The number of halogens is 2. The first-order chi connectivity index (χ1) is 18.1. The van der Waals surface area contributed by atoms with Crippen molar-refractivity contribution in [3.8, 4) is 0 Å². The first-order valence-corrected chi connectivity index (χ1v) is 14.8. The van der Waals surface area contributed by atoms with Crippen LogP contribution in [-0.4, -0.2) is 42.4 Å². The highest BCUT2D eigenvalue weighted by molar-refractivity contribution is 14.1. The molecule has 1 heterocycles. The maximum atomic E-state index is 12.8. The normalized spacial score (nSPS) is 21.1. The highest BCUT2D eigenvalue weighted by Gasteiger charge is 2.26. The van der Waals surface area contributed by atoms with Gasteiger partial charge in [-0.15, -0.1) is 0 Å². The summed E-state index contributed by atoms with van der Waals surface area (Å²) in [5.41, 5.74) is 5.87. The molecule has 214 valence electrons. The Hall–Kier alpha value is -2.12. The fourth-order valence-corrected chi connectivity index (χ4v) is 5.82. The number of nitrogens with zero attached hydrogens (tertiary/aromatic N) is 2. The van der Waals surface area contributed by atoms with Crippen molar-refractivity contribution < 1.29 is 9.53 Å². The van der Waals surface area contributed by atoms with Gasteiger partial charge in [0.25, 0.3) is 0 Å². The molecule has 2 atom stereocenters. The minimum absolute atomic E-state index is 0.0695. The monoisotopic (exact) mass is 664 g/mol. The van der Waals surface area contributed by atoms with E-state index < -0.39 is 5.60 Å². The van der Waals surface area contributed by atoms with Crippen LogP contribution in [0.2, 0.25) is 0 Å². The fraction of sp³-hybridized carbons (Fsp3) is 0.455. The van der Waals surface area contributed by atoms with Crippen molar-refractivity contribution in [2.24, 2.45) is 16.8 Å². The number of hydrogen-bond donors (Lipinski definition) is 0. The molecule has 1 amide bonds. The lowest BCUT2D eigenvalue weighted by Crippen LogP contribution is -2.40. The number of hydrogen-bond acceptors (Lipinski definition) is 3. The first-order valence-electron chi connectivity index (χ1n) is 13.4. The molecule has 0 saturated carbocycles. The summed E-state index contributed by atoms with van der Waals surface area (Å²) >= 11 is 8.74. The number of carbonyl (C=O) groups excluding carboxylic acids is 1. The van der Waals surface area contributed by atoms with E-state index in [1.807, 2.05) is 51.8 Å². The maximum absolute atomic E-state index is 12.8. The van der Waals surface area contributed by atoms with Crippen LogP contribution in [0.3, 0.4) is 0 Å². The molecule has 0 N–H and O–H groups in total. The molecular formula is C33H46ClIN2O2. The average Bonchev–Trinajstić information content (AvgIpc) is 2.81. The van der Waals surface area contributed by atoms with Crippen LogP contribution in [0, 0.1) is 11.8 Å². The number of amides is 1. The van der Waals surface area contributed by atoms with Crippen LogP contribution >= 0.6 is 34.2 Å². The number of rotatable bonds is 9. The second-order valence-corrected chi connectivity index (χ2v) is 12.6. The number of ether oxygens (including phenoxy) is 1. The minimum Gasteiger partial charge on any atom is -0.444 e. The molecule has 0 fully saturated rings. The summed E-state index contributed by atoms with van der Waals surface area (Å²) in [6.45, 7) is 27.4.